The lowest BCUT2D eigenvalue weighted by Crippen LogP contribution is -2.16. The van der Waals surface area contributed by atoms with E-state index in [0.717, 1.165) is 57.6 Å². The molecule has 0 unspecified atom stereocenters. The first-order valence-corrected chi connectivity index (χ1v) is 20.8. The third-order valence-corrected chi connectivity index (χ3v) is 13.1. The van der Waals surface area contributed by atoms with E-state index in [2.05, 4.69) is 207 Å². The number of para-hydroxylation sites is 1. The zero-order chi connectivity index (χ0) is 39.2. The van der Waals surface area contributed by atoms with Crippen molar-refractivity contribution < 1.29 is 4.42 Å². The Bertz CT molecular complexity index is 3360. The summed E-state index contributed by atoms with van der Waals surface area (Å²) in [4.78, 5) is 2.45. The van der Waals surface area contributed by atoms with Crippen molar-refractivity contribution >= 4 is 66.6 Å². The maximum Gasteiger partial charge on any atom is 0.135 e. The quantitative estimate of drug-likeness (QED) is 0.163. The zero-order valence-corrected chi connectivity index (χ0v) is 33.2. The number of benzene rings is 9. The van der Waals surface area contributed by atoms with Crippen molar-refractivity contribution in [2.24, 2.45) is 0 Å². The first-order chi connectivity index (χ1) is 29.0. The molecule has 1 heterocycles. The summed E-state index contributed by atoms with van der Waals surface area (Å²) < 4.78 is 6.47. The van der Waals surface area contributed by atoms with Crippen LogP contribution in [0.15, 0.2) is 186 Å². The molecule has 2 nitrogen and oxygen atoms in total. The largest absolute Gasteiger partial charge is 0.456 e. The van der Waals surface area contributed by atoms with Gasteiger partial charge in [0.15, 0.2) is 0 Å². The van der Waals surface area contributed by atoms with Crippen LogP contribution in [0, 0.1) is 0 Å². The Balaban J connectivity index is 1.01. The average Bonchev–Trinajstić information content (AvgIpc) is 3.75. The molecule has 280 valence electrons. The van der Waals surface area contributed by atoms with E-state index in [9.17, 15) is 0 Å². The van der Waals surface area contributed by atoms with Gasteiger partial charge in [-0.05, 0) is 145 Å². The lowest BCUT2D eigenvalue weighted by atomic mass is 9.82. The summed E-state index contributed by atoms with van der Waals surface area (Å²) in [5.74, 6) is 0. The van der Waals surface area contributed by atoms with Crippen molar-refractivity contribution in [3.05, 3.63) is 204 Å². The predicted octanol–water partition coefficient (Wildman–Crippen LogP) is 16.0. The number of fused-ring (bicyclic) bond motifs is 10. The average molecular weight is 756 g/mol. The Morgan fingerprint density at radius 2 is 1.19 bits per heavy atom. The fourth-order valence-corrected chi connectivity index (χ4v) is 10.0. The van der Waals surface area contributed by atoms with Gasteiger partial charge in [-0.3, -0.25) is 0 Å². The molecule has 0 spiro atoms. The standard InChI is InChI=1S/C57H41NO/c1-57(2)52-17-9-7-16-48(52)49-29-27-44(35-53(49)57)58(43-25-21-36(22-26-43)40-23-28-46-41(31-40)20-19-37-11-5-6-14-45(37)46)54-18-10-8-15-47(54)42-24-30-55-50(33-42)51-32-38-12-3-4-13-39(38)34-56(51)59-55/h3,5-12,14-35H,4,13H2,1-2H3. The number of nitrogens with zero attached hydrogens (tertiary/aromatic N) is 1. The second-order valence-corrected chi connectivity index (χ2v) is 16.8. The Kier molecular flexibility index (Phi) is 7.43. The Hall–Kier alpha value is -7.16. The van der Waals surface area contributed by atoms with Crippen LogP contribution in [0.3, 0.4) is 0 Å². The van der Waals surface area contributed by atoms with E-state index < -0.39 is 0 Å². The molecule has 0 fully saturated rings. The number of furan rings is 1. The van der Waals surface area contributed by atoms with Crippen molar-refractivity contribution in [1.82, 2.24) is 0 Å². The molecule has 0 saturated carbocycles. The highest BCUT2D eigenvalue weighted by Crippen LogP contribution is 2.51. The SMILES string of the molecule is CC1(C)c2ccccc2-c2ccc(N(c3ccc(-c4ccc5c(ccc6ccccc65)c4)cc3)c3ccccc3-c3ccc4oc5cc6c(cc5c4c3)C=CCC6)cc21. The van der Waals surface area contributed by atoms with E-state index in [-0.39, 0.29) is 5.41 Å². The number of aryl methyl sites for hydroxylation is 1. The van der Waals surface area contributed by atoms with Gasteiger partial charge in [-0.2, -0.15) is 0 Å². The van der Waals surface area contributed by atoms with Gasteiger partial charge < -0.3 is 9.32 Å². The van der Waals surface area contributed by atoms with Gasteiger partial charge in [0.1, 0.15) is 11.2 Å². The topological polar surface area (TPSA) is 16.4 Å². The number of anilines is 3. The summed E-state index contributed by atoms with van der Waals surface area (Å²) in [6.45, 7) is 4.72. The summed E-state index contributed by atoms with van der Waals surface area (Å²) in [5, 5.41) is 7.40. The van der Waals surface area contributed by atoms with Crippen molar-refractivity contribution in [2.45, 2.75) is 32.1 Å². The predicted molar refractivity (Wildman–Crippen MR) is 249 cm³/mol. The maximum atomic E-state index is 6.47. The highest BCUT2D eigenvalue weighted by atomic mass is 16.3. The van der Waals surface area contributed by atoms with Gasteiger partial charge in [0, 0.05) is 33.1 Å². The summed E-state index contributed by atoms with van der Waals surface area (Å²) in [6, 6.07) is 65.2. The molecule has 9 aromatic carbocycles. The minimum absolute atomic E-state index is 0.125. The highest BCUT2D eigenvalue weighted by Gasteiger charge is 2.36. The second kappa shape index (κ2) is 12.9. The number of hydrogen-bond acceptors (Lipinski definition) is 2. The molecular weight excluding hydrogens is 715 g/mol. The molecule has 0 atom stereocenters. The summed E-state index contributed by atoms with van der Waals surface area (Å²) in [5.41, 5.74) is 17.9. The lowest BCUT2D eigenvalue weighted by Gasteiger charge is -2.30. The van der Waals surface area contributed by atoms with E-state index >= 15 is 0 Å². The van der Waals surface area contributed by atoms with E-state index in [1.165, 1.54) is 71.4 Å². The first kappa shape index (κ1) is 33.9. The minimum Gasteiger partial charge on any atom is -0.456 e. The van der Waals surface area contributed by atoms with Gasteiger partial charge in [-0.1, -0.05) is 141 Å². The zero-order valence-electron chi connectivity index (χ0n) is 33.2. The number of rotatable bonds is 5. The van der Waals surface area contributed by atoms with Crippen LogP contribution in [0.1, 0.15) is 42.5 Å². The van der Waals surface area contributed by atoms with Crippen LogP contribution in [0.2, 0.25) is 0 Å². The monoisotopic (exact) mass is 755 g/mol. The van der Waals surface area contributed by atoms with Crippen LogP contribution in [0.5, 0.6) is 0 Å². The molecule has 2 aliphatic rings. The molecule has 0 N–H and O–H groups in total. The Morgan fingerprint density at radius 3 is 2.10 bits per heavy atom. The van der Waals surface area contributed by atoms with Gasteiger partial charge in [0.25, 0.3) is 0 Å². The molecular formula is C57H41NO. The Morgan fingerprint density at radius 1 is 0.475 bits per heavy atom. The van der Waals surface area contributed by atoms with E-state index in [1.54, 1.807) is 0 Å². The third kappa shape index (κ3) is 5.33. The van der Waals surface area contributed by atoms with Crippen molar-refractivity contribution in [3.8, 4) is 33.4 Å². The molecule has 12 rings (SSSR count). The van der Waals surface area contributed by atoms with Crippen molar-refractivity contribution in [2.75, 3.05) is 4.90 Å². The maximum absolute atomic E-state index is 6.47. The van der Waals surface area contributed by atoms with Gasteiger partial charge in [-0.25, -0.2) is 0 Å². The van der Waals surface area contributed by atoms with Gasteiger partial charge >= 0.3 is 0 Å². The molecule has 0 aliphatic heterocycles. The molecule has 2 aliphatic carbocycles. The summed E-state index contributed by atoms with van der Waals surface area (Å²) in [6.07, 6.45) is 6.67. The molecule has 0 saturated heterocycles. The summed E-state index contributed by atoms with van der Waals surface area (Å²) >= 11 is 0. The van der Waals surface area contributed by atoms with E-state index in [1.807, 2.05) is 0 Å². The van der Waals surface area contributed by atoms with Crippen LogP contribution in [0.4, 0.5) is 17.1 Å². The molecule has 0 amide bonds. The third-order valence-electron chi connectivity index (χ3n) is 13.1. The molecule has 2 heteroatoms. The fourth-order valence-electron chi connectivity index (χ4n) is 10.0. The smallest absolute Gasteiger partial charge is 0.135 e. The van der Waals surface area contributed by atoms with E-state index in [0.29, 0.717) is 0 Å². The van der Waals surface area contributed by atoms with Crippen LogP contribution in [-0.4, -0.2) is 0 Å². The summed E-state index contributed by atoms with van der Waals surface area (Å²) in [7, 11) is 0. The van der Waals surface area contributed by atoms with Gasteiger partial charge in [0.2, 0.25) is 0 Å². The number of allylic oxidation sites excluding steroid dienone is 1. The molecule has 0 bridgehead atoms. The highest BCUT2D eigenvalue weighted by molar-refractivity contribution is 6.09. The van der Waals surface area contributed by atoms with Crippen LogP contribution < -0.4 is 4.90 Å². The normalized spacial score (nSPS) is 13.9. The minimum atomic E-state index is -0.125. The second-order valence-electron chi connectivity index (χ2n) is 16.8. The van der Waals surface area contributed by atoms with Crippen molar-refractivity contribution in [1.29, 1.82) is 0 Å². The van der Waals surface area contributed by atoms with E-state index in [4.69, 9.17) is 4.42 Å². The molecule has 1 aromatic heterocycles. The van der Waals surface area contributed by atoms with Crippen LogP contribution in [0.25, 0.3) is 82.9 Å². The first-order valence-electron chi connectivity index (χ1n) is 20.8. The Labute approximate surface area is 344 Å². The number of hydrogen-bond donors (Lipinski definition) is 0. The molecule has 10 aromatic rings. The molecule has 59 heavy (non-hydrogen) atoms. The van der Waals surface area contributed by atoms with Crippen LogP contribution in [-0.2, 0) is 11.8 Å². The lowest BCUT2D eigenvalue weighted by molar-refractivity contribution is 0.660. The van der Waals surface area contributed by atoms with Gasteiger partial charge in [0.05, 0.1) is 5.69 Å². The van der Waals surface area contributed by atoms with Crippen LogP contribution >= 0.6 is 0 Å². The molecule has 0 radical (unpaired) electrons. The fraction of sp³-hybridized carbons (Fsp3) is 0.0877. The van der Waals surface area contributed by atoms with Crippen molar-refractivity contribution in [3.63, 3.8) is 0 Å². The van der Waals surface area contributed by atoms with Gasteiger partial charge in [-0.15, -0.1) is 0 Å².